The average molecular weight is 1330 g/mol. The number of hydrogen-bond donors (Lipinski definition) is 1. The molecule has 6 aromatic rings. The van der Waals surface area contributed by atoms with Gasteiger partial charge in [-0.25, -0.2) is 9.59 Å². The summed E-state index contributed by atoms with van der Waals surface area (Å²) in [7, 11) is 3.12. The fourth-order valence-corrected chi connectivity index (χ4v) is 15.0. The number of rotatable bonds is 26. The highest BCUT2D eigenvalue weighted by Gasteiger charge is 2.55. The molecule has 0 radical (unpaired) electrons. The van der Waals surface area contributed by atoms with Crippen LogP contribution in [0.25, 0.3) is 22.3 Å². The summed E-state index contributed by atoms with van der Waals surface area (Å²) in [6, 6.07) is 50.7. The molecular formula is C82H98N4O12. The molecule has 2 saturated heterocycles. The molecule has 4 aliphatic carbocycles. The predicted octanol–water partition coefficient (Wildman–Crippen LogP) is 16.4. The van der Waals surface area contributed by atoms with Gasteiger partial charge in [-0.05, 0) is 124 Å². The van der Waals surface area contributed by atoms with Gasteiger partial charge in [-0.1, -0.05) is 222 Å². The third kappa shape index (κ3) is 17.3. The Balaban J connectivity index is 0.000000202. The summed E-state index contributed by atoms with van der Waals surface area (Å²) in [5.41, 5.74) is 11.8. The Kier molecular flexibility index (Phi) is 25.5. The van der Waals surface area contributed by atoms with Gasteiger partial charge in [-0.3, -0.25) is 29.0 Å². The normalized spacial score (nSPS) is 19.9. The Hall–Kier alpha value is -8.86. The van der Waals surface area contributed by atoms with Crippen LogP contribution in [0.5, 0.6) is 0 Å². The van der Waals surface area contributed by atoms with Gasteiger partial charge in [0.1, 0.15) is 25.4 Å². The van der Waals surface area contributed by atoms with Crippen molar-refractivity contribution in [2.75, 3.05) is 40.5 Å². The second-order valence-corrected chi connectivity index (χ2v) is 27.0. The topological polar surface area (TPSA) is 200 Å². The zero-order valence-corrected chi connectivity index (χ0v) is 55.7. The van der Waals surface area contributed by atoms with Crippen molar-refractivity contribution in [2.24, 2.45) is 34.0 Å². The minimum Gasteiger partial charge on any atom is -0.448 e. The van der Waals surface area contributed by atoms with E-state index >= 15 is 0 Å². The Morgan fingerprint density at radius 2 is 1.02 bits per heavy atom. The van der Waals surface area contributed by atoms with Crippen molar-refractivity contribution in [3.63, 3.8) is 0 Å². The molecule has 4 fully saturated rings. The Bertz CT molecular complexity index is 3720. The van der Waals surface area contributed by atoms with E-state index in [4.69, 9.17) is 29.0 Å². The minimum atomic E-state index is -0.834. The van der Waals surface area contributed by atoms with Gasteiger partial charge in [0, 0.05) is 71.1 Å². The number of methoxy groups -OCH3 is 2. The summed E-state index contributed by atoms with van der Waals surface area (Å²) in [6.07, 6.45) is 9.14. The van der Waals surface area contributed by atoms with Crippen LogP contribution in [0.3, 0.4) is 0 Å². The van der Waals surface area contributed by atoms with Crippen molar-refractivity contribution in [3.05, 3.63) is 203 Å². The van der Waals surface area contributed by atoms with Crippen molar-refractivity contribution < 1.29 is 57.8 Å². The molecule has 518 valence electrons. The van der Waals surface area contributed by atoms with E-state index in [1.807, 2.05) is 109 Å². The minimum absolute atomic E-state index is 0. The first-order valence-corrected chi connectivity index (χ1v) is 34.3. The van der Waals surface area contributed by atoms with Gasteiger partial charge in [-0.2, -0.15) is 0 Å². The average Bonchev–Trinajstić information content (AvgIpc) is 1.62. The highest BCUT2D eigenvalue weighted by atomic mass is 16.7. The molecule has 98 heavy (non-hydrogen) atoms. The first kappa shape index (κ1) is 73.4. The Labute approximate surface area is 578 Å². The van der Waals surface area contributed by atoms with Crippen LogP contribution in [0.4, 0.5) is 9.59 Å². The Morgan fingerprint density at radius 1 is 0.602 bits per heavy atom. The van der Waals surface area contributed by atoms with E-state index in [-0.39, 0.29) is 94.3 Å². The van der Waals surface area contributed by atoms with Crippen LogP contribution in [0.2, 0.25) is 0 Å². The maximum atomic E-state index is 14.3. The molecule has 3 aliphatic heterocycles. The largest absolute Gasteiger partial charge is 0.448 e. The standard InChI is InChI=1S/C40H44N2O6.C33H39NO5.C7H7NO.2CH4/c1-3-11-28(38(46-2)37(44)20-26-18-19-26)21-36(43)35-23-40(22-34(41-48-40)27-12-5-4-6-13-27)25-42(35)39(45)47-24-33-31-16-9-7-14-29(31)30-15-8-10-17-32(30)33;1-4-9-23(32(38-3)31(36)17-22-14-15-22)18-30(35)29-16-21(2)19-34(29)33(37)39-20-28-26-12-7-5-10-24(26)25-11-6-8-13-27(25)28;9-8-6-7-4-2-1-3-5-7;;/h4-10,12-17,26,28,33,35,38H,3,11,18-25H2,1-2H3;5-8,10-13,22-23,28-29,32H,2,4,9,14-20H2,1,3H3;1-6,9H;2*1H4/b;;8-6-;;/t28-,35+,38?,40-;23-,29+,32?;;;/m11.../s1. The summed E-state index contributed by atoms with van der Waals surface area (Å²) in [6.45, 7) is 9.03. The molecule has 1 N–H and O–H groups in total. The van der Waals surface area contributed by atoms with Crippen molar-refractivity contribution in [2.45, 2.75) is 167 Å². The molecule has 16 nitrogen and oxygen atoms in total. The van der Waals surface area contributed by atoms with Crippen LogP contribution in [0, 0.1) is 23.7 Å². The van der Waals surface area contributed by atoms with Crippen LogP contribution in [0.1, 0.15) is 170 Å². The molecule has 6 aromatic carbocycles. The van der Waals surface area contributed by atoms with Crippen LogP contribution >= 0.6 is 0 Å². The van der Waals surface area contributed by atoms with Gasteiger partial charge in [0.05, 0.1) is 30.6 Å². The van der Waals surface area contributed by atoms with E-state index in [2.05, 4.69) is 79.3 Å². The molecule has 1 spiro atoms. The predicted molar refractivity (Wildman–Crippen MR) is 383 cm³/mol. The van der Waals surface area contributed by atoms with Crippen LogP contribution in [-0.2, 0) is 43.0 Å². The van der Waals surface area contributed by atoms with E-state index in [0.29, 0.717) is 56.9 Å². The maximum Gasteiger partial charge on any atom is 0.410 e. The highest BCUT2D eigenvalue weighted by molar-refractivity contribution is 6.02. The molecule has 0 bridgehead atoms. The molecule has 7 atom stereocenters. The first-order valence-electron chi connectivity index (χ1n) is 34.3. The number of benzene rings is 6. The summed E-state index contributed by atoms with van der Waals surface area (Å²) in [5.74, 6) is 0.307. The van der Waals surface area contributed by atoms with Crippen LogP contribution < -0.4 is 0 Å². The smallest absolute Gasteiger partial charge is 0.410 e. The fraction of sp³-hybridized carbons (Fsp3) is 0.439. The lowest BCUT2D eigenvalue weighted by Crippen LogP contribution is -2.43. The van der Waals surface area contributed by atoms with Crippen molar-refractivity contribution in [1.82, 2.24) is 9.80 Å². The molecule has 3 heterocycles. The van der Waals surface area contributed by atoms with Crippen molar-refractivity contribution in [1.29, 1.82) is 0 Å². The number of ether oxygens (including phenoxy) is 4. The van der Waals surface area contributed by atoms with E-state index in [9.17, 15) is 28.8 Å². The summed E-state index contributed by atoms with van der Waals surface area (Å²) < 4.78 is 23.4. The second kappa shape index (κ2) is 34.1. The molecule has 7 aliphatic rings. The second-order valence-electron chi connectivity index (χ2n) is 27.0. The summed E-state index contributed by atoms with van der Waals surface area (Å²) in [4.78, 5) is 90.6. The summed E-state index contributed by atoms with van der Waals surface area (Å²) in [5, 5.41) is 15.4. The number of oxime groups is 2. The molecule has 2 amide bonds. The lowest BCUT2D eigenvalue weighted by molar-refractivity contribution is -0.136. The highest BCUT2D eigenvalue weighted by Crippen LogP contribution is 2.47. The number of carbonyl (C=O) groups excluding carboxylic acids is 6. The Morgan fingerprint density at radius 3 is 1.45 bits per heavy atom. The van der Waals surface area contributed by atoms with Gasteiger partial charge in [0.15, 0.2) is 28.7 Å². The third-order valence-corrected chi connectivity index (χ3v) is 20.1. The monoisotopic (exact) mass is 1330 g/mol. The number of ketones is 4. The number of likely N-dealkylation sites (tertiary alicyclic amines) is 2. The van der Waals surface area contributed by atoms with Gasteiger partial charge < -0.3 is 29.0 Å². The SMILES string of the molecule is C.C.C=C1C[C@@H](C(=O)C[C@@H](CCC)C(OC)C(=O)CC2CC2)N(C(=O)OCC2c3ccccc3-c3ccccc32)C1.CCC[C@H](CC(=O)[C@@H]1C[C@]2(CC(c3ccccc3)=NO2)CN1C(=O)OCC1c2ccccc2-c2ccccc21)C(OC)C(=O)CC1CC1.O/N=C\c1ccccc1. The van der Waals surface area contributed by atoms with Crippen molar-refractivity contribution >= 4 is 47.2 Å². The summed E-state index contributed by atoms with van der Waals surface area (Å²) >= 11 is 0. The van der Waals surface area contributed by atoms with E-state index in [1.54, 1.807) is 19.1 Å². The number of Topliss-reactive ketones (excluding diaryl/α,β-unsaturated/α-hetero) is 4. The fourth-order valence-electron chi connectivity index (χ4n) is 15.0. The molecule has 2 saturated carbocycles. The number of fused-ring (bicyclic) bond motifs is 6. The lowest BCUT2D eigenvalue weighted by Gasteiger charge is -2.28. The molecule has 2 unspecified atom stereocenters. The van der Waals surface area contributed by atoms with E-state index in [0.717, 1.165) is 101 Å². The van der Waals surface area contributed by atoms with E-state index in [1.165, 1.54) is 22.2 Å². The molecule has 0 aromatic heterocycles. The zero-order chi connectivity index (χ0) is 67.3. The van der Waals surface area contributed by atoms with Gasteiger partial charge in [0.25, 0.3) is 0 Å². The van der Waals surface area contributed by atoms with Crippen molar-refractivity contribution in [3.8, 4) is 22.3 Å². The molecular weight excluding hydrogens is 1230 g/mol. The molecule has 16 heteroatoms. The quantitative estimate of drug-likeness (QED) is 0.0233. The number of nitrogens with zero attached hydrogens (tertiary/aromatic N) is 4. The van der Waals surface area contributed by atoms with Gasteiger partial charge in [0.2, 0.25) is 0 Å². The molecule has 13 rings (SSSR count). The van der Waals surface area contributed by atoms with Crippen LogP contribution in [0.15, 0.2) is 180 Å². The first-order chi connectivity index (χ1) is 46.7. The zero-order valence-electron chi connectivity index (χ0n) is 55.7. The van der Waals surface area contributed by atoms with Gasteiger partial charge >= 0.3 is 12.2 Å². The van der Waals surface area contributed by atoms with Gasteiger partial charge in [-0.15, -0.1) is 0 Å². The van der Waals surface area contributed by atoms with E-state index < -0.39 is 42.1 Å². The number of hydrogen-bond acceptors (Lipinski definition) is 14. The maximum absolute atomic E-state index is 14.3. The third-order valence-electron chi connectivity index (χ3n) is 20.1. The number of amides is 2. The van der Waals surface area contributed by atoms with Crippen LogP contribution in [-0.4, -0.2) is 133 Å². The lowest BCUT2D eigenvalue weighted by atomic mass is 9.84. The number of carbonyl (C=O) groups is 6.